The molecule has 0 aliphatic carbocycles. The third kappa shape index (κ3) is 4.56. The van der Waals surface area contributed by atoms with Crippen LogP contribution >= 0.6 is 0 Å². The van der Waals surface area contributed by atoms with Crippen LogP contribution in [0.4, 0.5) is 14.9 Å². The van der Waals surface area contributed by atoms with Crippen molar-refractivity contribution in [1.82, 2.24) is 10.6 Å². The van der Waals surface area contributed by atoms with Gasteiger partial charge in [0.15, 0.2) is 11.6 Å². The van der Waals surface area contributed by atoms with Crippen molar-refractivity contribution in [2.24, 2.45) is 0 Å². The lowest BCUT2D eigenvalue weighted by molar-refractivity contribution is -0.119. The van der Waals surface area contributed by atoms with Crippen LogP contribution in [0.25, 0.3) is 0 Å². The van der Waals surface area contributed by atoms with Gasteiger partial charge in [-0.25, -0.2) is 9.18 Å². The second-order valence-corrected chi connectivity index (χ2v) is 5.12. The van der Waals surface area contributed by atoms with E-state index in [2.05, 4.69) is 10.6 Å². The number of hydrogen-bond acceptors (Lipinski definition) is 5. The molecule has 0 radical (unpaired) electrons. The van der Waals surface area contributed by atoms with Gasteiger partial charge in [-0.3, -0.25) is 9.69 Å². The van der Waals surface area contributed by atoms with Crippen LogP contribution in [0.1, 0.15) is 6.92 Å². The number of halogens is 1. The number of carbonyl (C=O) groups is 2. The molecular weight excluding hydrogens is 305 g/mol. The molecule has 0 spiro atoms. The Balaban J connectivity index is 2.00. The Labute approximate surface area is 133 Å². The topological polar surface area (TPSA) is 79.9 Å². The summed E-state index contributed by atoms with van der Waals surface area (Å²) >= 11 is 0. The molecule has 0 bridgehead atoms. The summed E-state index contributed by atoms with van der Waals surface area (Å²) in [6.45, 7) is 2.81. The third-order valence-corrected chi connectivity index (χ3v) is 3.29. The van der Waals surface area contributed by atoms with Gasteiger partial charge in [-0.1, -0.05) is 0 Å². The van der Waals surface area contributed by atoms with E-state index < -0.39 is 18.0 Å². The van der Waals surface area contributed by atoms with Crippen LogP contribution < -0.4 is 20.3 Å². The summed E-state index contributed by atoms with van der Waals surface area (Å²) in [6.07, 6.45) is -1.02. The molecule has 1 aliphatic rings. The molecule has 126 valence electrons. The Morgan fingerprint density at radius 3 is 2.96 bits per heavy atom. The van der Waals surface area contributed by atoms with Crippen LogP contribution in [-0.4, -0.2) is 51.4 Å². The molecule has 7 nitrogen and oxygen atoms in total. The molecule has 1 heterocycles. The Morgan fingerprint density at radius 2 is 2.30 bits per heavy atom. The lowest BCUT2D eigenvalue weighted by Gasteiger charge is -2.14. The number of nitrogens with zero attached hydrogens (tertiary/aromatic N) is 1. The maximum Gasteiger partial charge on any atom is 0.414 e. The first-order valence-corrected chi connectivity index (χ1v) is 7.30. The van der Waals surface area contributed by atoms with Crippen LogP contribution in [0.3, 0.4) is 0 Å². The number of cyclic esters (lactones) is 1. The van der Waals surface area contributed by atoms with Crippen molar-refractivity contribution in [2.45, 2.75) is 13.0 Å². The van der Waals surface area contributed by atoms with E-state index >= 15 is 0 Å². The van der Waals surface area contributed by atoms with Crippen LogP contribution in [0.2, 0.25) is 0 Å². The molecule has 1 saturated heterocycles. The predicted molar refractivity (Wildman–Crippen MR) is 82.1 cm³/mol. The van der Waals surface area contributed by atoms with Gasteiger partial charge in [-0.15, -0.1) is 0 Å². The number of hydrogen-bond donors (Lipinski definition) is 2. The zero-order valence-electron chi connectivity index (χ0n) is 13.1. The first-order chi connectivity index (χ1) is 11.0. The molecule has 1 atom stereocenters. The monoisotopic (exact) mass is 325 g/mol. The first kappa shape index (κ1) is 17.0. The smallest absolute Gasteiger partial charge is 0.414 e. The molecule has 1 aromatic rings. The summed E-state index contributed by atoms with van der Waals surface area (Å²) < 4.78 is 24.5. The minimum atomic E-state index is -0.566. The lowest BCUT2D eigenvalue weighted by Crippen LogP contribution is -2.33. The molecular formula is C15H20FN3O4. The fourth-order valence-corrected chi connectivity index (χ4v) is 2.13. The highest BCUT2D eigenvalue weighted by Gasteiger charge is 2.32. The van der Waals surface area contributed by atoms with E-state index in [1.54, 1.807) is 13.1 Å². The highest BCUT2D eigenvalue weighted by molar-refractivity contribution is 5.89. The molecule has 0 saturated carbocycles. The van der Waals surface area contributed by atoms with Gasteiger partial charge in [0.25, 0.3) is 0 Å². The van der Waals surface area contributed by atoms with Crippen molar-refractivity contribution in [2.75, 3.05) is 38.2 Å². The molecule has 1 aromatic carbocycles. The Morgan fingerprint density at radius 1 is 1.52 bits per heavy atom. The summed E-state index contributed by atoms with van der Waals surface area (Å²) in [5, 5.41) is 5.48. The minimum Gasteiger partial charge on any atom is -0.489 e. The molecule has 2 N–H and O–H groups in total. The molecule has 2 rings (SSSR count). The lowest BCUT2D eigenvalue weighted by atomic mass is 10.2. The molecule has 8 heteroatoms. The van der Waals surface area contributed by atoms with Crippen LogP contribution in [0.5, 0.6) is 5.75 Å². The van der Waals surface area contributed by atoms with Crippen molar-refractivity contribution in [1.29, 1.82) is 0 Å². The standard InChI is InChI=1S/C15H20FN3O4/c1-10(20)18-8-12-9-19(15(21)23-12)11-3-4-14(13(16)7-11)22-6-5-17-2/h3-4,7,12,17H,5-6,8-9H2,1-2H3,(H,18,20)/t12-/m0/s1. The van der Waals surface area contributed by atoms with Crippen molar-refractivity contribution in [3.8, 4) is 5.75 Å². The van der Waals surface area contributed by atoms with Gasteiger partial charge >= 0.3 is 6.09 Å². The zero-order chi connectivity index (χ0) is 16.8. The maximum atomic E-state index is 14.0. The summed E-state index contributed by atoms with van der Waals surface area (Å²) in [6, 6.07) is 4.31. The van der Waals surface area contributed by atoms with Gasteiger partial charge in [-0.2, -0.15) is 0 Å². The zero-order valence-corrected chi connectivity index (χ0v) is 13.1. The molecule has 1 fully saturated rings. The SMILES string of the molecule is CNCCOc1ccc(N2C[C@H](CNC(C)=O)OC2=O)cc1F. The summed E-state index contributed by atoms with van der Waals surface area (Å²) in [7, 11) is 1.78. The Kier molecular flexibility index (Phi) is 5.75. The van der Waals surface area contributed by atoms with Crippen molar-refractivity contribution < 1.29 is 23.5 Å². The van der Waals surface area contributed by atoms with E-state index in [0.717, 1.165) is 0 Å². The van der Waals surface area contributed by atoms with Crippen molar-refractivity contribution >= 4 is 17.7 Å². The fourth-order valence-electron chi connectivity index (χ4n) is 2.13. The average Bonchev–Trinajstić information content (AvgIpc) is 2.88. The number of benzene rings is 1. The quantitative estimate of drug-likeness (QED) is 0.728. The predicted octanol–water partition coefficient (Wildman–Crippen LogP) is 0.885. The van der Waals surface area contributed by atoms with Gasteiger partial charge in [0.2, 0.25) is 5.91 Å². The second-order valence-electron chi connectivity index (χ2n) is 5.12. The maximum absolute atomic E-state index is 14.0. The van der Waals surface area contributed by atoms with E-state index in [1.165, 1.54) is 24.0 Å². The van der Waals surface area contributed by atoms with E-state index in [0.29, 0.717) is 18.8 Å². The van der Waals surface area contributed by atoms with Gasteiger partial charge in [0.05, 0.1) is 18.8 Å². The average molecular weight is 325 g/mol. The van der Waals surface area contributed by atoms with Gasteiger partial charge < -0.3 is 20.1 Å². The van der Waals surface area contributed by atoms with Crippen LogP contribution in [-0.2, 0) is 9.53 Å². The summed E-state index contributed by atoms with van der Waals surface area (Å²) in [4.78, 5) is 24.1. The van der Waals surface area contributed by atoms with E-state index in [9.17, 15) is 14.0 Å². The van der Waals surface area contributed by atoms with Gasteiger partial charge in [-0.05, 0) is 19.2 Å². The molecule has 0 aromatic heterocycles. The highest BCUT2D eigenvalue weighted by atomic mass is 19.1. The molecule has 2 amide bonds. The Bertz CT molecular complexity index is 582. The van der Waals surface area contributed by atoms with Gasteiger partial charge in [0, 0.05) is 19.5 Å². The van der Waals surface area contributed by atoms with E-state index in [-0.39, 0.29) is 24.7 Å². The van der Waals surface area contributed by atoms with Crippen LogP contribution in [0.15, 0.2) is 18.2 Å². The van der Waals surface area contributed by atoms with Crippen LogP contribution in [0, 0.1) is 5.82 Å². The number of ether oxygens (including phenoxy) is 2. The second kappa shape index (κ2) is 7.77. The molecule has 1 aliphatic heterocycles. The van der Waals surface area contributed by atoms with Crippen molar-refractivity contribution in [3.05, 3.63) is 24.0 Å². The summed E-state index contributed by atoms with van der Waals surface area (Å²) in [5.74, 6) is -0.614. The minimum absolute atomic E-state index is 0.131. The third-order valence-electron chi connectivity index (χ3n) is 3.29. The van der Waals surface area contributed by atoms with Crippen molar-refractivity contribution in [3.63, 3.8) is 0 Å². The number of carbonyl (C=O) groups excluding carboxylic acids is 2. The molecule has 0 unspecified atom stereocenters. The Hall–Kier alpha value is -2.35. The first-order valence-electron chi connectivity index (χ1n) is 7.30. The fraction of sp³-hybridized carbons (Fsp3) is 0.467. The highest BCUT2D eigenvalue weighted by Crippen LogP contribution is 2.27. The number of anilines is 1. The normalized spacial score (nSPS) is 17.1. The number of amides is 2. The number of nitrogens with one attached hydrogen (secondary N) is 2. The number of likely N-dealkylation sites (N-methyl/N-ethyl adjacent to an activating group) is 1. The van der Waals surface area contributed by atoms with Gasteiger partial charge in [0.1, 0.15) is 12.7 Å². The summed E-state index contributed by atoms with van der Waals surface area (Å²) in [5.41, 5.74) is 0.388. The largest absolute Gasteiger partial charge is 0.489 e. The van der Waals surface area contributed by atoms with E-state index in [1.807, 2.05) is 0 Å². The number of rotatable bonds is 7. The molecule has 23 heavy (non-hydrogen) atoms. The van der Waals surface area contributed by atoms with E-state index in [4.69, 9.17) is 9.47 Å².